The number of benzene rings is 2. The van der Waals surface area contributed by atoms with E-state index in [-0.39, 0.29) is 12.7 Å². The number of aryl methyl sites for hydroxylation is 1. The van der Waals surface area contributed by atoms with Gasteiger partial charge in [0.1, 0.15) is 11.5 Å². The Balaban J connectivity index is 1.60. The molecule has 6 heteroatoms. The molecule has 0 radical (unpaired) electrons. The van der Waals surface area contributed by atoms with Crippen LogP contribution in [0.4, 0.5) is 5.69 Å². The van der Waals surface area contributed by atoms with Crippen LogP contribution in [-0.4, -0.2) is 26.9 Å². The second-order valence-electron chi connectivity index (χ2n) is 5.30. The van der Waals surface area contributed by atoms with E-state index >= 15 is 0 Å². The van der Waals surface area contributed by atoms with Gasteiger partial charge in [-0.25, -0.2) is 0 Å². The maximum atomic E-state index is 12.2. The highest BCUT2D eigenvalue weighted by atomic mass is 16.7. The van der Waals surface area contributed by atoms with E-state index < -0.39 is 0 Å². The number of rotatable bonds is 6. The molecule has 0 aliphatic carbocycles. The number of amides is 1. The van der Waals surface area contributed by atoms with E-state index in [4.69, 9.17) is 18.9 Å². The molecule has 1 aliphatic heterocycles. The van der Waals surface area contributed by atoms with Gasteiger partial charge in [0.15, 0.2) is 11.5 Å². The monoisotopic (exact) mass is 329 g/mol. The molecule has 1 amide bonds. The van der Waals surface area contributed by atoms with Crippen LogP contribution >= 0.6 is 0 Å². The van der Waals surface area contributed by atoms with E-state index in [0.717, 1.165) is 17.1 Å². The fourth-order valence-electron chi connectivity index (χ4n) is 2.47. The first-order valence-corrected chi connectivity index (χ1v) is 7.60. The van der Waals surface area contributed by atoms with Gasteiger partial charge in [-0.15, -0.1) is 0 Å². The lowest BCUT2D eigenvalue weighted by Gasteiger charge is -2.11. The molecule has 1 heterocycles. The van der Waals surface area contributed by atoms with Crippen LogP contribution in [-0.2, 0) is 11.2 Å². The summed E-state index contributed by atoms with van der Waals surface area (Å²) in [6, 6.07) is 11.0. The molecule has 126 valence electrons. The summed E-state index contributed by atoms with van der Waals surface area (Å²) >= 11 is 0. The highest BCUT2D eigenvalue weighted by Crippen LogP contribution is 2.33. The van der Waals surface area contributed by atoms with Crippen LogP contribution in [0.5, 0.6) is 23.0 Å². The summed E-state index contributed by atoms with van der Waals surface area (Å²) in [6.45, 7) is 0.247. The van der Waals surface area contributed by atoms with Crippen molar-refractivity contribution in [1.82, 2.24) is 0 Å². The molecule has 0 saturated carbocycles. The molecule has 1 N–H and O–H groups in total. The summed E-state index contributed by atoms with van der Waals surface area (Å²) in [5, 5.41) is 2.86. The third-order valence-corrected chi connectivity index (χ3v) is 3.76. The highest BCUT2D eigenvalue weighted by Gasteiger charge is 2.14. The standard InChI is InChI=1S/C18H19NO5/c1-21-13-5-6-14(16(10-13)22-2)19-18(20)8-4-12-3-7-15-17(9-12)24-11-23-15/h3,5-7,9-10H,4,8,11H2,1-2H3,(H,19,20). The lowest BCUT2D eigenvalue weighted by molar-refractivity contribution is -0.116. The molecular formula is C18H19NO5. The van der Waals surface area contributed by atoms with E-state index in [1.807, 2.05) is 18.2 Å². The summed E-state index contributed by atoms with van der Waals surface area (Å²) < 4.78 is 21.0. The maximum absolute atomic E-state index is 12.2. The smallest absolute Gasteiger partial charge is 0.231 e. The highest BCUT2D eigenvalue weighted by molar-refractivity contribution is 5.92. The number of carbonyl (C=O) groups excluding carboxylic acids is 1. The van der Waals surface area contributed by atoms with Crippen LogP contribution < -0.4 is 24.3 Å². The quantitative estimate of drug-likeness (QED) is 0.882. The lowest BCUT2D eigenvalue weighted by atomic mass is 10.1. The summed E-state index contributed by atoms with van der Waals surface area (Å²) in [6.07, 6.45) is 0.968. The van der Waals surface area contributed by atoms with Crippen LogP contribution in [0.1, 0.15) is 12.0 Å². The van der Waals surface area contributed by atoms with Gasteiger partial charge in [0.2, 0.25) is 12.7 Å². The molecule has 2 aromatic carbocycles. The molecule has 0 spiro atoms. The van der Waals surface area contributed by atoms with E-state index in [2.05, 4.69) is 5.32 Å². The van der Waals surface area contributed by atoms with Gasteiger partial charge < -0.3 is 24.3 Å². The van der Waals surface area contributed by atoms with Crippen molar-refractivity contribution in [2.24, 2.45) is 0 Å². The van der Waals surface area contributed by atoms with Crippen LogP contribution in [0.2, 0.25) is 0 Å². The maximum Gasteiger partial charge on any atom is 0.231 e. The van der Waals surface area contributed by atoms with E-state index in [0.29, 0.717) is 30.0 Å². The molecule has 0 bridgehead atoms. The van der Waals surface area contributed by atoms with Gasteiger partial charge in [-0.3, -0.25) is 4.79 Å². The number of hydrogen-bond acceptors (Lipinski definition) is 5. The molecule has 0 fully saturated rings. The zero-order valence-corrected chi connectivity index (χ0v) is 13.6. The van der Waals surface area contributed by atoms with Gasteiger partial charge in [-0.05, 0) is 36.2 Å². The average Bonchev–Trinajstić information content (AvgIpc) is 3.08. The first kappa shape index (κ1) is 16.0. The molecule has 6 nitrogen and oxygen atoms in total. The molecule has 1 aliphatic rings. The third-order valence-electron chi connectivity index (χ3n) is 3.76. The second-order valence-corrected chi connectivity index (χ2v) is 5.30. The number of ether oxygens (including phenoxy) is 4. The molecule has 0 aromatic heterocycles. The molecular weight excluding hydrogens is 310 g/mol. The Morgan fingerprint density at radius 1 is 1.08 bits per heavy atom. The molecule has 0 unspecified atom stereocenters. The summed E-state index contributed by atoms with van der Waals surface area (Å²) in [7, 11) is 3.13. The van der Waals surface area contributed by atoms with Crippen molar-refractivity contribution in [3.8, 4) is 23.0 Å². The number of hydrogen-bond donors (Lipinski definition) is 1. The Morgan fingerprint density at radius 3 is 2.71 bits per heavy atom. The zero-order valence-electron chi connectivity index (χ0n) is 13.6. The molecule has 0 atom stereocenters. The Kier molecular flexibility index (Phi) is 4.74. The average molecular weight is 329 g/mol. The van der Waals surface area contributed by atoms with Crippen LogP contribution in [0.15, 0.2) is 36.4 Å². The summed E-state index contributed by atoms with van der Waals surface area (Å²) in [5.74, 6) is 2.61. The Bertz CT molecular complexity index is 744. The predicted molar refractivity (Wildman–Crippen MR) is 89.1 cm³/mol. The van der Waals surface area contributed by atoms with Crippen molar-refractivity contribution in [3.63, 3.8) is 0 Å². The van der Waals surface area contributed by atoms with Gasteiger partial charge in [-0.1, -0.05) is 6.07 Å². The minimum atomic E-state index is -0.0869. The largest absolute Gasteiger partial charge is 0.497 e. The molecule has 0 saturated heterocycles. The summed E-state index contributed by atoms with van der Waals surface area (Å²) in [4.78, 5) is 12.2. The molecule has 3 rings (SSSR count). The number of anilines is 1. The minimum absolute atomic E-state index is 0.0869. The third kappa shape index (κ3) is 3.53. The van der Waals surface area contributed by atoms with Crippen molar-refractivity contribution < 1.29 is 23.7 Å². The molecule has 2 aromatic rings. The normalized spacial score (nSPS) is 11.9. The predicted octanol–water partition coefficient (Wildman–Crippen LogP) is 3.00. The number of nitrogens with one attached hydrogen (secondary N) is 1. The van der Waals surface area contributed by atoms with E-state index in [1.165, 1.54) is 0 Å². The topological polar surface area (TPSA) is 66.0 Å². The van der Waals surface area contributed by atoms with Crippen molar-refractivity contribution in [2.75, 3.05) is 26.3 Å². The summed E-state index contributed by atoms with van der Waals surface area (Å²) in [5.41, 5.74) is 1.64. The van der Waals surface area contributed by atoms with Crippen LogP contribution in [0.3, 0.4) is 0 Å². The second kappa shape index (κ2) is 7.12. The van der Waals surface area contributed by atoms with Gasteiger partial charge >= 0.3 is 0 Å². The van der Waals surface area contributed by atoms with Crippen molar-refractivity contribution >= 4 is 11.6 Å². The van der Waals surface area contributed by atoms with Crippen molar-refractivity contribution in [2.45, 2.75) is 12.8 Å². The van der Waals surface area contributed by atoms with Crippen molar-refractivity contribution in [1.29, 1.82) is 0 Å². The van der Waals surface area contributed by atoms with Gasteiger partial charge in [0.05, 0.1) is 19.9 Å². The van der Waals surface area contributed by atoms with Gasteiger partial charge in [-0.2, -0.15) is 0 Å². The number of methoxy groups -OCH3 is 2. The fourth-order valence-corrected chi connectivity index (χ4v) is 2.47. The lowest BCUT2D eigenvalue weighted by Crippen LogP contribution is -2.13. The van der Waals surface area contributed by atoms with Crippen molar-refractivity contribution in [3.05, 3.63) is 42.0 Å². The Hall–Kier alpha value is -2.89. The van der Waals surface area contributed by atoms with Gasteiger partial charge in [0, 0.05) is 12.5 Å². The Labute approximate surface area is 140 Å². The van der Waals surface area contributed by atoms with Crippen LogP contribution in [0.25, 0.3) is 0 Å². The Morgan fingerprint density at radius 2 is 1.92 bits per heavy atom. The SMILES string of the molecule is COc1ccc(NC(=O)CCc2ccc3c(c2)OCO3)c(OC)c1. The first-order chi connectivity index (χ1) is 11.7. The van der Waals surface area contributed by atoms with Gasteiger partial charge in [0.25, 0.3) is 0 Å². The molecule has 24 heavy (non-hydrogen) atoms. The van der Waals surface area contributed by atoms with Crippen LogP contribution in [0, 0.1) is 0 Å². The zero-order chi connectivity index (χ0) is 16.9. The fraction of sp³-hybridized carbons (Fsp3) is 0.278. The van der Waals surface area contributed by atoms with E-state index in [9.17, 15) is 4.79 Å². The number of carbonyl (C=O) groups is 1. The first-order valence-electron chi connectivity index (χ1n) is 7.60. The van der Waals surface area contributed by atoms with E-state index in [1.54, 1.807) is 32.4 Å². The minimum Gasteiger partial charge on any atom is -0.497 e. The number of fused-ring (bicyclic) bond motifs is 1.